The number of hydrogen-bond acceptors (Lipinski definition) is 8. The molecule has 2 N–H and O–H groups in total. The highest BCUT2D eigenvalue weighted by atomic mass is 19.3. The molecule has 3 heterocycles. The monoisotopic (exact) mass is 495 g/mol. The molecule has 0 spiro atoms. The first-order chi connectivity index (χ1) is 17.2. The van der Waals surface area contributed by atoms with Crippen LogP contribution in [-0.4, -0.2) is 35.5 Å². The van der Waals surface area contributed by atoms with Gasteiger partial charge in [0.1, 0.15) is 17.8 Å². The van der Waals surface area contributed by atoms with E-state index in [0.29, 0.717) is 15.8 Å². The molecule has 36 heavy (non-hydrogen) atoms. The van der Waals surface area contributed by atoms with E-state index in [1.165, 1.54) is 19.4 Å². The van der Waals surface area contributed by atoms with Crippen molar-refractivity contribution in [2.45, 2.75) is 25.3 Å². The van der Waals surface area contributed by atoms with Crippen LogP contribution in [0.4, 0.5) is 14.5 Å². The smallest absolute Gasteiger partial charge is 0.333 e. The van der Waals surface area contributed by atoms with Gasteiger partial charge in [0.05, 0.1) is 24.0 Å². The van der Waals surface area contributed by atoms with Gasteiger partial charge < -0.3 is 14.9 Å². The highest BCUT2D eigenvalue weighted by molar-refractivity contribution is 6.04. The van der Waals surface area contributed by atoms with E-state index < -0.39 is 41.3 Å². The number of rotatable bonds is 7. The Bertz CT molecular complexity index is 1510. The molecule has 1 amide bonds. The average Bonchev–Trinajstić information content (AvgIpc) is 3.56. The predicted molar refractivity (Wildman–Crippen MR) is 120 cm³/mol. The van der Waals surface area contributed by atoms with Crippen molar-refractivity contribution >= 4 is 11.6 Å². The molecule has 0 saturated carbocycles. The molecule has 2 atom stereocenters. The summed E-state index contributed by atoms with van der Waals surface area (Å²) in [4.78, 5) is 29.9. The molecule has 1 aromatic carbocycles. The summed E-state index contributed by atoms with van der Waals surface area (Å²) in [5, 5.41) is 29.6. The lowest BCUT2D eigenvalue weighted by molar-refractivity contribution is 0.0565. The van der Waals surface area contributed by atoms with Gasteiger partial charge in [0, 0.05) is 25.1 Å². The Morgan fingerprint density at radius 1 is 1.28 bits per heavy atom. The zero-order valence-corrected chi connectivity index (χ0v) is 19.0. The summed E-state index contributed by atoms with van der Waals surface area (Å²) in [5.41, 5.74) is -0.151. The van der Waals surface area contributed by atoms with E-state index in [1.54, 1.807) is 31.2 Å². The van der Waals surface area contributed by atoms with Gasteiger partial charge in [-0.15, -0.1) is 0 Å². The molecule has 0 fully saturated rings. The number of benzene rings is 1. The molecular formula is C23H19F2N7O4. The van der Waals surface area contributed by atoms with Crippen LogP contribution in [0.3, 0.4) is 0 Å². The topological polar surface area (TPSA) is 152 Å². The number of halogens is 2. The fraction of sp³-hybridized carbons (Fsp3) is 0.217. The third-order valence-corrected chi connectivity index (χ3v) is 5.71. The normalized spacial score (nSPS) is 12.8. The Hall–Kier alpha value is -4.86. The fourth-order valence-corrected chi connectivity index (χ4v) is 4.01. The molecule has 0 aliphatic rings. The third kappa shape index (κ3) is 4.43. The largest absolute Gasteiger partial charge is 0.501 e. The highest BCUT2D eigenvalue weighted by Crippen LogP contribution is 2.39. The van der Waals surface area contributed by atoms with Crippen molar-refractivity contribution in [3.8, 4) is 11.8 Å². The minimum Gasteiger partial charge on any atom is -0.501 e. The average molecular weight is 495 g/mol. The van der Waals surface area contributed by atoms with Crippen LogP contribution >= 0.6 is 0 Å². The number of carbonyl (C=O) groups excluding carboxylic acids is 1. The van der Waals surface area contributed by atoms with Crippen LogP contribution in [0.5, 0.6) is 5.75 Å². The highest BCUT2D eigenvalue weighted by Gasteiger charge is 2.31. The van der Waals surface area contributed by atoms with Crippen molar-refractivity contribution in [2.75, 3.05) is 5.32 Å². The van der Waals surface area contributed by atoms with E-state index in [1.807, 2.05) is 0 Å². The number of alkyl halides is 2. The first-order valence-electron chi connectivity index (χ1n) is 10.5. The van der Waals surface area contributed by atoms with Crippen molar-refractivity contribution in [3.63, 3.8) is 0 Å². The number of nitrogens with one attached hydrogen (secondary N) is 1. The van der Waals surface area contributed by atoms with Gasteiger partial charge in [-0.25, -0.2) is 9.67 Å². The molecule has 11 nitrogen and oxygen atoms in total. The second kappa shape index (κ2) is 9.79. The zero-order valence-electron chi connectivity index (χ0n) is 19.0. The fourth-order valence-electron chi connectivity index (χ4n) is 4.01. The van der Waals surface area contributed by atoms with Crippen molar-refractivity contribution in [3.05, 3.63) is 87.7 Å². The second-order valence-electron chi connectivity index (χ2n) is 7.90. The summed E-state index contributed by atoms with van der Waals surface area (Å²) in [6, 6.07) is 8.68. The molecule has 184 valence electrons. The lowest BCUT2D eigenvalue weighted by Gasteiger charge is -2.26. The molecule has 0 bridgehead atoms. The maximum Gasteiger partial charge on any atom is 0.333 e. The van der Waals surface area contributed by atoms with Crippen molar-refractivity contribution < 1.29 is 23.2 Å². The SMILES string of the molecule is CC(c1nc(C(=O)Nc2cnoc2)c(O)c(=O)n1C)C(c1cnn(C(F)F)c1)c1ccccc1C#N. The van der Waals surface area contributed by atoms with Crippen LogP contribution in [0.15, 0.2) is 58.4 Å². The van der Waals surface area contributed by atoms with E-state index >= 15 is 0 Å². The van der Waals surface area contributed by atoms with Gasteiger partial charge in [-0.2, -0.15) is 19.1 Å². The maximum atomic E-state index is 13.3. The molecule has 4 aromatic rings. The molecule has 0 aliphatic heterocycles. The summed E-state index contributed by atoms with van der Waals surface area (Å²) in [6.45, 7) is -1.22. The molecular weight excluding hydrogens is 476 g/mol. The number of anilines is 1. The lowest BCUT2D eigenvalue weighted by Crippen LogP contribution is -2.29. The Balaban J connectivity index is 1.86. The van der Waals surface area contributed by atoms with Crippen LogP contribution in [0.25, 0.3) is 0 Å². The summed E-state index contributed by atoms with van der Waals surface area (Å²) < 4.78 is 32.8. The predicted octanol–water partition coefficient (Wildman–Crippen LogP) is 3.13. The van der Waals surface area contributed by atoms with Gasteiger partial charge in [-0.1, -0.05) is 30.3 Å². The van der Waals surface area contributed by atoms with E-state index in [9.17, 15) is 28.7 Å². The number of nitriles is 1. The summed E-state index contributed by atoms with van der Waals surface area (Å²) in [5.74, 6) is -3.20. The Morgan fingerprint density at radius 2 is 2.03 bits per heavy atom. The lowest BCUT2D eigenvalue weighted by atomic mass is 9.80. The quantitative estimate of drug-likeness (QED) is 0.397. The van der Waals surface area contributed by atoms with Crippen molar-refractivity contribution in [1.29, 1.82) is 5.26 Å². The van der Waals surface area contributed by atoms with Crippen LogP contribution in [0, 0.1) is 11.3 Å². The standard InChI is InChI=1S/C23H19F2N7O4/c1-12(17(14-8-27-32(10-14)23(24)25)16-6-4-3-5-13(16)7-26)20-30-18(19(33)22(35)31(20)2)21(34)29-15-9-28-36-11-15/h3-6,8-12,17,23,33H,1-2H3,(H,29,34). The maximum absolute atomic E-state index is 13.3. The number of nitrogens with zero attached hydrogens (tertiary/aromatic N) is 6. The third-order valence-electron chi connectivity index (χ3n) is 5.71. The Kier molecular flexibility index (Phi) is 6.60. The van der Waals surface area contributed by atoms with Gasteiger partial charge >= 0.3 is 6.55 Å². The first kappa shape index (κ1) is 24.3. The molecule has 13 heteroatoms. The molecule has 0 saturated heterocycles. The second-order valence-corrected chi connectivity index (χ2v) is 7.90. The van der Waals surface area contributed by atoms with Crippen LogP contribution in [-0.2, 0) is 7.05 Å². The Labute approximate surface area is 202 Å². The number of aromatic nitrogens is 5. The van der Waals surface area contributed by atoms with E-state index in [0.717, 1.165) is 17.0 Å². The summed E-state index contributed by atoms with van der Waals surface area (Å²) in [6.07, 6.45) is 4.77. The van der Waals surface area contributed by atoms with Crippen LogP contribution in [0.2, 0.25) is 0 Å². The van der Waals surface area contributed by atoms with Gasteiger partial charge in [0.25, 0.3) is 11.5 Å². The molecule has 2 unspecified atom stereocenters. The zero-order chi connectivity index (χ0) is 26.0. The van der Waals surface area contributed by atoms with Gasteiger partial charge in [-0.05, 0) is 17.2 Å². The van der Waals surface area contributed by atoms with Gasteiger partial charge in [0.15, 0.2) is 5.69 Å². The minimum atomic E-state index is -2.88. The number of hydrogen-bond donors (Lipinski definition) is 2. The molecule has 3 aromatic heterocycles. The molecule has 0 aliphatic carbocycles. The van der Waals surface area contributed by atoms with Crippen molar-refractivity contribution in [1.82, 2.24) is 24.5 Å². The van der Waals surface area contributed by atoms with Crippen LogP contribution in [0.1, 0.15) is 58.3 Å². The first-order valence-corrected chi connectivity index (χ1v) is 10.5. The van der Waals surface area contributed by atoms with Gasteiger partial charge in [-0.3, -0.25) is 14.2 Å². The van der Waals surface area contributed by atoms with E-state index in [-0.39, 0.29) is 17.1 Å². The van der Waals surface area contributed by atoms with Gasteiger partial charge in [0.2, 0.25) is 5.75 Å². The summed E-state index contributed by atoms with van der Waals surface area (Å²) in [7, 11) is 1.36. The van der Waals surface area contributed by atoms with Crippen molar-refractivity contribution in [2.24, 2.45) is 7.05 Å². The Morgan fingerprint density at radius 3 is 2.67 bits per heavy atom. The molecule has 4 rings (SSSR count). The van der Waals surface area contributed by atoms with E-state index in [2.05, 4.69) is 31.1 Å². The van der Waals surface area contributed by atoms with Crippen LogP contribution < -0.4 is 10.9 Å². The number of aromatic hydroxyl groups is 1. The number of amides is 1. The minimum absolute atomic E-state index is 0.0656. The van der Waals surface area contributed by atoms with E-state index in [4.69, 9.17) is 0 Å². The molecule has 0 radical (unpaired) electrons. The number of carbonyl (C=O) groups is 1. The summed E-state index contributed by atoms with van der Waals surface area (Å²) >= 11 is 0.